The third-order valence-electron chi connectivity index (χ3n) is 10.9. The van der Waals surface area contributed by atoms with Gasteiger partial charge in [-0.2, -0.15) is 11.8 Å². The van der Waals surface area contributed by atoms with E-state index in [-0.39, 0.29) is 63.0 Å². The normalized spacial score (nSPS) is 18.6. The Bertz CT molecular complexity index is 1550. The van der Waals surface area contributed by atoms with E-state index < -0.39 is 108 Å². The lowest BCUT2D eigenvalue weighted by Gasteiger charge is -2.31. The molecule has 0 saturated heterocycles. The highest BCUT2D eigenvalue weighted by Gasteiger charge is 2.36. The molecule has 0 aromatic heterocycles. The van der Waals surface area contributed by atoms with Crippen LogP contribution in [0, 0.1) is 23.2 Å². The third-order valence-corrected chi connectivity index (χ3v) is 11.5. The summed E-state index contributed by atoms with van der Waals surface area (Å²) in [4.78, 5) is 106. The molecule has 17 N–H and O–H groups in total. The van der Waals surface area contributed by atoms with Crippen molar-refractivity contribution in [1.29, 1.82) is 5.41 Å². The molecule has 0 heterocycles. The van der Waals surface area contributed by atoms with E-state index in [9.17, 15) is 53.7 Å². The molecule has 0 radical (unpaired) electrons. The molecule has 1 fully saturated rings. The summed E-state index contributed by atoms with van der Waals surface area (Å²) >= 11 is 1.52. The Labute approximate surface area is 380 Å². The molecule has 1 aliphatic rings. The van der Waals surface area contributed by atoms with Crippen LogP contribution in [0.25, 0.3) is 0 Å². The van der Waals surface area contributed by atoms with Crippen molar-refractivity contribution in [3.63, 3.8) is 0 Å². The van der Waals surface area contributed by atoms with Gasteiger partial charge in [-0.15, -0.1) is 0 Å². The first-order chi connectivity index (χ1) is 30.1. The first-order valence-electron chi connectivity index (χ1n) is 22.1. The van der Waals surface area contributed by atoms with Crippen molar-refractivity contribution in [3.8, 4) is 0 Å². The average molecular weight is 930 g/mol. The molecule has 0 aromatic rings. The minimum absolute atomic E-state index is 0.0202. The second-order valence-electron chi connectivity index (χ2n) is 17.0. The van der Waals surface area contributed by atoms with Crippen molar-refractivity contribution in [3.05, 3.63) is 0 Å². The van der Waals surface area contributed by atoms with Crippen molar-refractivity contribution in [2.24, 2.45) is 35.0 Å². The first kappa shape index (κ1) is 57.3. The van der Waals surface area contributed by atoms with Crippen LogP contribution in [0.2, 0.25) is 0 Å². The molecule has 366 valence electrons. The number of carbonyl (C=O) groups excluding carboxylic acids is 7. The lowest BCUT2D eigenvalue weighted by Crippen LogP contribution is -2.61. The van der Waals surface area contributed by atoms with Crippen LogP contribution in [0.15, 0.2) is 0 Å². The smallest absolute Gasteiger partial charge is 0.305 e. The number of hydrogen-bond donors (Lipinski definition) is 14. The average Bonchev–Trinajstić information content (AvgIpc) is 3.21. The summed E-state index contributed by atoms with van der Waals surface area (Å²) in [5, 5.41) is 55.7. The number of nitrogens with one attached hydrogen (secondary N) is 8. The van der Waals surface area contributed by atoms with Crippen molar-refractivity contribution in [2.45, 2.75) is 160 Å². The maximum Gasteiger partial charge on any atom is 0.305 e. The zero-order chi connectivity index (χ0) is 48.5. The predicted molar refractivity (Wildman–Crippen MR) is 241 cm³/mol. The molecule has 1 saturated carbocycles. The Balaban J connectivity index is 3.50. The van der Waals surface area contributed by atoms with Gasteiger partial charge in [0.05, 0.1) is 18.6 Å². The maximum atomic E-state index is 14.2. The fourth-order valence-corrected chi connectivity index (χ4v) is 7.67. The second-order valence-corrected chi connectivity index (χ2v) is 18.0. The largest absolute Gasteiger partial charge is 0.481 e. The van der Waals surface area contributed by atoms with Crippen molar-refractivity contribution in [1.82, 2.24) is 37.2 Å². The first-order valence-corrected chi connectivity index (χ1v) is 23.5. The van der Waals surface area contributed by atoms with Gasteiger partial charge < -0.3 is 69.7 Å². The van der Waals surface area contributed by atoms with E-state index in [2.05, 4.69) is 37.2 Å². The standard InChI is InChI=1S/C41H75N11O11S/c1-22(2)19-29(34(43)57)49-36(59)28(10-8-17-46-41(44)45)48-38(61)30(20-25-11-13-26(54)14-12-25)50-37(60)27(9-6-7-16-42)47-39(62)31(21-32(55)56)51-40(63)33(24(4)53)52-35(58)23(3)15-18-64-5/h22-31,33,53-54H,6-21,42H2,1-5H3,(H2,43,57)(H,47,62)(H,48,61)(H,49,59)(H,50,60)(H,51,63)(H,52,58)(H,55,56)(H4,44,45,46)/t23-,24+,25?,26?,27-,28-,29-,30-,31-,33-/m0/s1. The van der Waals surface area contributed by atoms with Crippen LogP contribution in [0.4, 0.5) is 0 Å². The van der Waals surface area contributed by atoms with Gasteiger partial charge in [0.2, 0.25) is 41.4 Å². The number of thioether (sulfide) groups is 1. The van der Waals surface area contributed by atoms with Crippen LogP contribution >= 0.6 is 11.8 Å². The van der Waals surface area contributed by atoms with Crippen LogP contribution in [-0.4, -0.2) is 142 Å². The number of guanidine groups is 1. The zero-order valence-corrected chi connectivity index (χ0v) is 38.7. The Kier molecular flexibility index (Phi) is 27.2. The maximum absolute atomic E-state index is 14.2. The molecular weight excluding hydrogens is 855 g/mol. The summed E-state index contributed by atoms with van der Waals surface area (Å²) < 4.78 is 0. The zero-order valence-electron chi connectivity index (χ0n) is 37.9. The fourth-order valence-electron chi connectivity index (χ4n) is 7.08. The molecule has 0 unspecified atom stereocenters. The lowest BCUT2D eigenvalue weighted by atomic mass is 9.83. The van der Waals surface area contributed by atoms with E-state index in [1.165, 1.54) is 18.7 Å². The predicted octanol–water partition coefficient (Wildman–Crippen LogP) is -2.00. The lowest BCUT2D eigenvalue weighted by molar-refractivity contribution is -0.142. The summed E-state index contributed by atoms with van der Waals surface area (Å²) in [6.45, 7) is 6.98. The number of carboxylic acid groups (broad SMARTS) is 1. The summed E-state index contributed by atoms with van der Waals surface area (Å²) in [5.41, 5.74) is 16.7. The van der Waals surface area contributed by atoms with Gasteiger partial charge in [-0.3, -0.25) is 43.8 Å². The third kappa shape index (κ3) is 22.7. The number of aliphatic carboxylic acids is 1. The molecule has 0 spiro atoms. The van der Waals surface area contributed by atoms with Gasteiger partial charge in [-0.05, 0) is 114 Å². The molecule has 64 heavy (non-hydrogen) atoms. The number of nitrogens with two attached hydrogens (primary N) is 3. The minimum atomic E-state index is -1.77. The molecule has 23 heteroatoms. The van der Waals surface area contributed by atoms with Crippen molar-refractivity contribution >= 4 is 65.0 Å². The number of primary amides is 1. The SMILES string of the molecule is CSCC[C@H](C)C(=O)N[C@H](C(=O)N[C@@H](CC(=O)O)C(=O)N[C@@H](CCCCN)C(=O)N[C@@H](CC1CCC(O)CC1)C(=O)N[C@@H](CCCNC(=N)N)C(=O)N[C@@H](CC(C)C)C(N)=O)[C@@H](C)O. The van der Waals surface area contributed by atoms with E-state index in [0.29, 0.717) is 50.7 Å². The number of unbranched alkanes of at least 4 members (excludes halogenated alkanes) is 1. The van der Waals surface area contributed by atoms with Crippen LogP contribution in [0.3, 0.4) is 0 Å². The van der Waals surface area contributed by atoms with Gasteiger partial charge in [0.1, 0.15) is 36.3 Å². The van der Waals surface area contributed by atoms with E-state index in [1.807, 2.05) is 20.1 Å². The highest BCUT2D eigenvalue weighted by atomic mass is 32.2. The number of aliphatic hydroxyl groups is 2. The molecule has 1 rings (SSSR count). The number of aliphatic hydroxyl groups excluding tert-OH is 2. The summed E-state index contributed by atoms with van der Waals surface area (Å²) in [6, 6.07) is -8.29. The van der Waals surface area contributed by atoms with Gasteiger partial charge in [-0.1, -0.05) is 20.8 Å². The van der Waals surface area contributed by atoms with Crippen molar-refractivity contribution < 1.29 is 53.7 Å². The van der Waals surface area contributed by atoms with E-state index in [1.54, 1.807) is 6.92 Å². The molecular formula is C41H75N11O11S. The summed E-state index contributed by atoms with van der Waals surface area (Å²) in [5.74, 6) is -7.56. The monoisotopic (exact) mass is 930 g/mol. The molecule has 0 bridgehead atoms. The van der Waals surface area contributed by atoms with Crippen molar-refractivity contribution in [2.75, 3.05) is 25.1 Å². The molecule has 1 aliphatic carbocycles. The van der Waals surface area contributed by atoms with Gasteiger partial charge in [0.15, 0.2) is 5.96 Å². The molecule has 0 aliphatic heterocycles. The van der Waals surface area contributed by atoms with E-state index >= 15 is 0 Å². The quantitative estimate of drug-likeness (QED) is 0.0203. The number of carboxylic acids is 1. The topological polar surface area (TPSA) is 383 Å². The Morgan fingerprint density at radius 2 is 1.20 bits per heavy atom. The molecule has 0 aromatic carbocycles. The Hall–Kier alpha value is -4.74. The van der Waals surface area contributed by atoms with E-state index in [4.69, 9.17) is 22.6 Å². The molecule has 8 atom stereocenters. The van der Waals surface area contributed by atoms with Gasteiger partial charge in [0.25, 0.3) is 0 Å². The van der Waals surface area contributed by atoms with E-state index in [0.717, 1.165) is 0 Å². The van der Waals surface area contributed by atoms with Crippen LogP contribution in [0.1, 0.15) is 111 Å². The fraction of sp³-hybridized carbons (Fsp3) is 0.780. The van der Waals surface area contributed by atoms with Gasteiger partial charge >= 0.3 is 5.97 Å². The number of hydrogen-bond acceptors (Lipinski definition) is 13. The van der Waals surface area contributed by atoms with Crippen LogP contribution in [-0.2, 0) is 38.4 Å². The minimum Gasteiger partial charge on any atom is -0.481 e. The van der Waals surface area contributed by atoms with Gasteiger partial charge in [-0.25, -0.2) is 0 Å². The molecule has 22 nitrogen and oxygen atoms in total. The number of rotatable bonds is 31. The van der Waals surface area contributed by atoms with Crippen LogP contribution < -0.4 is 54.4 Å². The number of carbonyl (C=O) groups is 8. The highest BCUT2D eigenvalue weighted by molar-refractivity contribution is 7.98. The summed E-state index contributed by atoms with van der Waals surface area (Å²) in [6.07, 6.45) is 2.68. The molecule has 7 amide bonds. The van der Waals surface area contributed by atoms with Crippen LogP contribution in [0.5, 0.6) is 0 Å². The highest BCUT2D eigenvalue weighted by Crippen LogP contribution is 2.28. The Morgan fingerprint density at radius 1 is 0.688 bits per heavy atom. The summed E-state index contributed by atoms with van der Waals surface area (Å²) in [7, 11) is 0. The Morgan fingerprint density at radius 3 is 1.70 bits per heavy atom. The second kappa shape index (κ2) is 30.4. The number of amides is 7. The van der Waals surface area contributed by atoms with Gasteiger partial charge in [0, 0.05) is 12.5 Å².